The van der Waals surface area contributed by atoms with Gasteiger partial charge in [-0.15, -0.1) is 0 Å². The van der Waals surface area contributed by atoms with Crippen molar-refractivity contribution in [3.63, 3.8) is 0 Å². The zero-order valence-electron chi connectivity index (χ0n) is 10.3. The van der Waals surface area contributed by atoms with Crippen molar-refractivity contribution in [1.82, 2.24) is 9.80 Å². The predicted octanol–water partition coefficient (Wildman–Crippen LogP) is 1.04. The molecule has 0 amide bonds. The van der Waals surface area contributed by atoms with E-state index in [-0.39, 0.29) is 0 Å². The maximum absolute atomic E-state index is 6.01. The molecule has 0 aromatic heterocycles. The van der Waals surface area contributed by atoms with Crippen molar-refractivity contribution in [2.75, 3.05) is 32.7 Å². The molecule has 0 bridgehead atoms. The summed E-state index contributed by atoms with van der Waals surface area (Å²) in [5.74, 6) is 0. The molecule has 3 fully saturated rings. The summed E-state index contributed by atoms with van der Waals surface area (Å²) in [6.07, 6.45) is 8.34. The van der Waals surface area contributed by atoms with Crippen molar-refractivity contribution in [3.05, 3.63) is 0 Å². The Morgan fingerprint density at radius 3 is 2.62 bits per heavy atom. The van der Waals surface area contributed by atoms with Gasteiger partial charge in [0.2, 0.25) is 0 Å². The van der Waals surface area contributed by atoms with E-state index < -0.39 is 0 Å². The monoisotopic (exact) mass is 223 g/mol. The first-order valence-electron chi connectivity index (χ1n) is 7.03. The van der Waals surface area contributed by atoms with E-state index in [2.05, 4.69) is 9.80 Å². The van der Waals surface area contributed by atoms with Crippen LogP contribution in [-0.4, -0.2) is 54.1 Å². The summed E-state index contributed by atoms with van der Waals surface area (Å²) in [6.45, 7) is 6.05. The van der Waals surface area contributed by atoms with Gasteiger partial charge in [0, 0.05) is 37.8 Å². The Balaban J connectivity index is 1.65. The second-order valence-corrected chi connectivity index (χ2v) is 5.91. The number of rotatable bonds is 2. The number of nitrogens with zero attached hydrogens (tertiary/aromatic N) is 2. The highest BCUT2D eigenvalue weighted by atomic mass is 15.3. The number of hydrogen-bond donors (Lipinski definition) is 1. The molecule has 3 aliphatic rings. The second-order valence-electron chi connectivity index (χ2n) is 5.91. The average molecular weight is 223 g/mol. The van der Waals surface area contributed by atoms with Crippen LogP contribution in [0, 0.1) is 0 Å². The summed E-state index contributed by atoms with van der Waals surface area (Å²) in [5.41, 5.74) is 6.42. The third-order valence-corrected chi connectivity index (χ3v) is 5.17. The van der Waals surface area contributed by atoms with Crippen molar-refractivity contribution in [2.24, 2.45) is 5.73 Å². The van der Waals surface area contributed by atoms with E-state index in [9.17, 15) is 0 Å². The Morgan fingerprint density at radius 2 is 1.94 bits per heavy atom. The van der Waals surface area contributed by atoms with E-state index in [1.165, 1.54) is 64.7 Å². The van der Waals surface area contributed by atoms with Gasteiger partial charge >= 0.3 is 0 Å². The normalized spacial score (nSPS) is 35.4. The summed E-state index contributed by atoms with van der Waals surface area (Å²) < 4.78 is 0. The topological polar surface area (TPSA) is 32.5 Å². The van der Waals surface area contributed by atoms with E-state index >= 15 is 0 Å². The van der Waals surface area contributed by atoms with Crippen LogP contribution in [0.3, 0.4) is 0 Å². The molecule has 3 nitrogen and oxygen atoms in total. The quantitative estimate of drug-likeness (QED) is 0.759. The number of hydrogen-bond acceptors (Lipinski definition) is 3. The maximum atomic E-state index is 6.01. The van der Waals surface area contributed by atoms with E-state index in [4.69, 9.17) is 5.73 Å². The number of fused-ring (bicyclic) bond motifs is 1. The van der Waals surface area contributed by atoms with Crippen molar-refractivity contribution in [2.45, 2.75) is 50.1 Å². The molecule has 3 heteroatoms. The summed E-state index contributed by atoms with van der Waals surface area (Å²) in [6, 6.07) is 0.839. The van der Waals surface area contributed by atoms with Crippen molar-refractivity contribution < 1.29 is 0 Å². The Bertz CT molecular complexity index is 244. The lowest BCUT2D eigenvalue weighted by molar-refractivity contribution is -0.0447. The van der Waals surface area contributed by atoms with Crippen LogP contribution in [-0.2, 0) is 0 Å². The van der Waals surface area contributed by atoms with Gasteiger partial charge in [-0.25, -0.2) is 0 Å². The molecular weight excluding hydrogens is 198 g/mol. The molecule has 0 spiro atoms. The van der Waals surface area contributed by atoms with Gasteiger partial charge in [-0.2, -0.15) is 0 Å². The van der Waals surface area contributed by atoms with E-state index in [0.717, 1.165) is 12.6 Å². The largest absolute Gasteiger partial charge is 0.329 e. The molecule has 3 rings (SSSR count). The summed E-state index contributed by atoms with van der Waals surface area (Å²) in [5, 5.41) is 0. The lowest BCUT2D eigenvalue weighted by Crippen LogP contribution is -2.66. The Hall–Kier alpha value is -0.120. The van der Waals surface area contributed by atoms with Crippen LogP contribution in [0.25, 0.3) is 0 Å². The van der Waals surface area contributed by atoms with Gasteiger partial charge < -0.3 is 5.73 Å². The minimum absolute atomic E-state index is 0.406. The van der Waals surface area contributed by atoms with Crippen LogP contribution in [0.2, 0.25) is 0 Å². The molecule has 0 radical (unpaired) electrons. The molecule has 1 atom stereocenters. The first-order valence-corrected chi connectivity index (χ1v) is 7.03. The Morgan fingerprint density at radius 1 is 1.06 bits per heavy atom. The highest BCUT2D eigenvalue weighted by molar-refractivity contribution is 5.02. The highest BCUT2D eigenvalue weighted by Crippen LogP contribution is 2.38. The zero-order chi connectivity index (χ0) is 11.0. The maximum Gasteiger partial charge on any atom is 0.0332 e. The van der Waals surface area contributed by atoms with Crippen LogP contribution in [0.4, 0.5) is 0 Å². The lowest BCUT2D eigenvalue weighted by atomic mass is 9.74. The summed E-state index contributed by atoms with van der Waals surface area (Å²) >= 11 is 0. The van der Waals surface area contributed by atoms with E-state index in [0.29, 0.717) is 5.54 Å². The van der Waals surface area contributed by atoms with Gasteiger partial charge in [0.1, 0.15) is 0 Å². The number of nitrogens with two attached hydrogens (primary N) is 1. The molecule has 1 aliphatic carbocycles. The Kier molecular flexibility index (Phi) is 2.94. The molecule has 1 unspecified atom stereocenters. The number of piperazine rings is 1. The van der Waals surface area contributed by atoms with Crippen LogP contribution in [0.1, 0.15) is 38.5 Å². The molecule has 2 aliphatic heterocycles. The molecule has 92 valence electrons. The molecular formula is C13H25N3. The van der Waals surface area contributed by atoms with Gasteiger partial charge in [0.05, 0.1) is 0 Å². The fourth-order valence-electron chi connectivity index (χ4n) is 3.82. The zero-order valence-corrected chi connectivity index (χ0v) is 10.3. The lowest BCUT2D eigenvalue weighted by Gasteiger charge is -2.55. The minimum atomic E-state index is 0.406. The van der Waals surface area contributed by atoms with Crippen molar-refractivity contribution in [3.8, 4) is 0 Å². The van der Waals surface area contributed by atoms with E-state index in [1.807, 2.05) is 0 Å². The van der Waals surface area contributed by atoms with Crippen molar-refractivity contribution in [1.29, 1.82) is 0 Å². The first-order chi connectivity index (χ1) is 7.84. The SMILES string of the molecule is NCC1(N2CCN3CCCCC3C2)CCC1. The fraction of sp³-hybridized carbons (Fsp3) is 1.00. The molecule has 2 N–H and O–H groups in total. The summed E-state index contributed by atoms with van der Waals surface area (Å²) in [7, 11) is 0. The van der Waals surface area contributed by atoms with Crippen LogP contribution in [0.15, 0.2) is 0 Å². The highest BCUT2D eigenvalue weighted by Gasteiger charge is 2.44. The average Bonchev–Trinajstić information content (AvgIpc) is 2.28. The van der Waals surface area contributed by atoms with Gasteiger partial charge in [0.15, 0.2) is 0 Å². The van der Waals surface area contributed by atoms with Crippen LogP contribution in [0.5, 0.6) is 0 Å². The van der Waals surface area contributed by atoms with Gasteiger partial charge in [-0.3, -0.25) is 9.80 Å². The second kappa shape index (κ2) is 4.28. The molecule has 16 heavy (non-hydrogen) atoms. The standard InChI is InChI=1S/C13H25N3/c14-11-13(5-3-6-13)16-9-8-15-7-2-1-4-12(15)10-16/h12H,1-11,14H2. The van der Waals surface area contributed by atoms with E-state index in [1.54, 1.807) is 0 Å². The van der Waals surface area contributed by atoms with Gasteiger partial charge in [-0.05, 0) is 38.6 Å². The predicted molar refractivity (Wildman–Crippen MR) is 66.4 cm³/mol. The van der Waals surface area contributed by atoms with Crippen molar-refractivity contribution >= 4 is 0 Å². The fourth-order valence-corrected chi connectivity index (χ4v) is 3.82. The molecule has 2 heterocycles. The third kappa shape index (κ3) is 1.69. The summed E-state index contributed by atoms with van der Waals surface area (Å²) in [4.78, 5) is 5.44. The smallest absolute Gasteiger partial charge is 0.0332 e. The minimum Gasteiger partial charge on any atom is -0.329 e. The third-order valence-electron chi connectivity index (χ3n) is 5.17. The Labute approximate surface area is 99.0 Å². The van der Waals surface area contributed by atoms with Crippen LogP contribution < -0.4 is 5.73 Å². The van der Waals surface area contributed by atoms with Crippen LogP contribution >= 0.6 is 0 Å². The van der Waals surface area contributed by atoms with Gasteiger partial charge in [0.25, 0.3) is 0 Å². The number of piperidine rings is 1. The van der Waals surface area contributed by atoms with Gasteiger partial charge in [-0.1, -0.05) is 6.42 Å². The molecule has 0 aromatic rings. The molecule has 1 saturated carbocycles. The molecule has 2 saturated heterocycles. The first kappa shape index (κ1) is 11.0. The molecule has 0 aromatic carbocycles.